The number of nitrogens with one attached hydrogen (secondary N) is 1. The van der Waals surface area contributed by atoms with E-state index in [1.807, 2.05) is 0 Å². The number of carbonyl (C=O) groups excluding carboxylic acids is 1. The van der Waals surface area contributed by atoms with Gasteiger partial charge in [-0.1, -0.05) is 18.2 Å². The predicted molar refractivity (Wildman–Crippen MR) is 70.1 cm³/mol. The van der Waals surface area contributed by atoms with Crippen LogP contribution in [-0.2, 0) is 6.18 Å². The molecule has 2 rings (SSSR count). The molecule has 2 aromatic rings. The highest BCUT2D eigenvalue weighted by molar-refractivity contribution is 5.85. The molecule has 0 atom stereocenters. The average Bonchev–Trinajstić information content (AvgIpc) is 2.38. The fourth-order valence-corrected chi connectivity index (χ4v) is 1.65. The molecule has 0 aliphatic rings. The topological polar surface area (TPSA) is 51.2 Å². The molecule has 0 spiro atoms. The number of aromatic nitrogens is 1. The zero-order valence-corrected chi connectivity index (χ0v) is 10.9. The van der Waals surface area contributed by atoms with E-state index >= 15 is 0 Å². The molecule has 1 heterocycles. The lowest BCUT2D eigenvalue weighted by atomic mass is 10.1. The van der Waals surface area contributed by atoms with Crippen molar-refractivity contribution < 1.29 is 22.7 Å². The van der Waals surface area contributed by atoms with Crippen LogP contribution in [0.15, 0.2) is 42.6 Å². The SMILES string of the molecule is Cc1cc(NC(=O)Oc2ccccc2)ncc1C(F)(F)F. The predicted octanol–water partition coefficient (Wildman–Crippen LogP) is 4.02. The van der Waals surface area contributed by atoms with Gasteiger partial charge in [0.2, 0.25) is 0 Å². The van der Waals surface area contributed by atoms with Gasteiger partial charge in [-0.3, -0.25) is 5.32 Å². The highest BCUT2D eigenvalue weighted by atomic mass is 19.4. The molecule has 1 N–H and O–H groups in total. The molecule has 0 saturated heterocycles. The number of hydrogen-bond acceptors (Lipinski definition) is 3. The van der Waals surface area contributed by atoms with Crippen molar-refractivity contribution >= 4 is 11.9 Å². The number of pyridine rings is 1. The van der Waals surface area contributed by atoms with Gasteiger partial charge in [-0.15, -0.1) is 0 Å². The summed E-state index contributed by atoms with van der Waals surface area (Å²) in [5, 5.41) is 2.27. The number of carbonyl (C=O) groups is 1. The third-order valence-electron chi connectivity index (χ3n) is 2.60. The third-order valence-corrected chi connectivity index (χ3v) is 2.60. The lowest BCUT2D eigenvalue weighted by Gasteiger charge is -2.11. The number of aryl methyl sites for hydroxylation is 1. The Hall–Kier alpha value is -2.57. The Kier molecular flexibility index (Phi) is 4.11. The van der Waals surface area contributed by atoms with Crippen LogP contribution in [0, 0.1) is 6.92 Å². The van der Waals surface area contributed by atoms with Gasteiger partial charge in [-0.05, 0) is 30.7 Å². The molecule has 1 aromatic heterocycles. The minimum atomic E-state index is -4.47. The summed E-state index contributed by atoms with van der Waals surface area (Å²) in [6.07, 6.45) is -4.62. The summed E-state index contributed by atoms with van der Waals surface area (Å²) in [7, 11) is 0. The van der Waals surface area contributed by atoms with Gasteiger partial charge < -0.3 is 4.74 Å². The van der Waals surface area contributed by atoms with Crippen molar-refractivity contribution in [2.45, 2.75) is 13.1 Å². The number of nitrogens with zero attached hydrogens (tertiary/aromatic N) is 1. The van der Waals surface area contributed by atoms with Gasteiger partial charge in [0, 0.05) is 6.20 Å². The molecular formula is C14H11F3N2O2. The largest absolute Gasteiger partial charge is 0.418 e. The van der Waals surface area contributed by atoms with Gasteiger partial charge in [-0.25, -0.2) is 9.78 Å². The number of ether oxygens (including phenoxy) is 1. The molecule has 21 heavy (non-hydrogen) atoms. The van der Waals surface area contributed by atoms with Crippen LogP contribution in [0.25, 0.3) is 0 Å². The van der Waals surface area contributed by atoms with E-state index in [1.165, 1.54) is 6.92 Å². The maximum absolute atomic E-state index is 12.6. The van der Waals surface area contributed by atoms with Crippen LogP contribution in [0.1, 0.15) is 11.1 Å². The second-order valence-electron chi connectivity index (χ2n) is 4.21. The van der Waals surface area contributed by atoms with Crippen molar-refractivity contribution in [3.63, 3.8) is 0 Å². The molecule has 4 nitrogen and oxygen atoms in total. The van der Waals surface area contributed by atoms with E-state index in [1.54, 1.807) is 30.3 Å². The monoisotopic (exact) mass is 296 g/mol. The molecule has 0 aliphatic carbocycles. The van der Waals surface area contributed by atoms with Gasteiger partial charge in [0.15, 0.2) is 0 Å². The Balaban J connectivity index is 2.07. The zero-order chi connectivity index (χ0) is 15.5. The number of para-hydroxylation sites is 1. The number of rotatable bonds is 2. The van der Waals surface area contributed by atoms with Crippen LogP contribution in [0.3, 0.4) is 0 Å². The lowest BCUT2D eigenvalue weighted by molar-refractivity contribution is -0.138. The van der Waals surface area contributed by atoms with Crippen molar-refractivity contribution in [1.29, 1.82) is 0 Å². The average molecular weight is 296 g/mol. The summed E-state index contributed by atoms with van der Waals surface area (Å²) in [5.74, 6) is 0.306. The van der Waals surface area contributed by atoms with Crippen molar-refractivity contribution in [3.05, 3.63) is 53.7 Å². The summed E-state index contributed by atoms with van der Waals surface area (Å²) in [5.41, 5.74) is -0.878. The van der Waals surface area contributed by atoms with E-state index < -0.39 is 17.8 Å². The molecule has 0 radical (unpaired) electrons. The smallest absolute Gasteiger partial charge is 0.410 e. The third kappa shape index (κ3) is 3.95. The van der Waals surface area contributed by atoms with Crippen molar-refractivity contribution in [2.24, 2.45) is 0 Å². The summed E-state index contributed by atoms with van der Waals surface area (Å²) >= 11 is 0. The first-order chi connectivity index (χ1) is 9.86. The zero-order valence-electron chi connectivity index (χ0n) is 10.9. The minimum absolute atomic E-state index is 0.0126. The number of anilines is 1. The van der Waals surface area contributed by atoms with Crippen LogP contribution in [0.2, 0.25) is 0 Å². The molecule has 1 amide bonds. The Bertz CT molecular complexity index is 642. The Morgan fingerprint density at radius 1 is 1.24 bits per heavy atom. The van der Waals surface area contributed by atoms with Gasteiger partial charge in [0.1, 0.15) is 11.6 Å². The van der Waals surface area contributed by atoms with Gasteiger partial charge in [0.05, 0.1) is 5.56 Å². The molecule has 0 unspecified atom stereocenters. The highest BCUT2D eigenvalue weighted by Gasteiger charge is 2.32. The van der Waals surface area contributed by atoms with Crippen molar-refractivity contribution in [3.8, 4) is 5.75 Å². The van der Waals surface area contributed by atoms with Crippen LogP contribution >= 0.6 is 0 Å². The lowest BCUT2D eigenvalue weighted by Crippen LogP contribution is -2.18. The van der Waals surface area contributed by atoms with Gasteiger partial charge in [0.25, 0.3) is 0 Å². The van der Waals surface area contributed by atoms with E-state index in [0.29, 0.717) is 11.9 Å². The normalized spacial score (nSPS) is 11.0. The number of hydrogen-bond donors (Lipinski definition) is 1. The summed E-state index contributed by atoms with van der Waals surface area (Å²) < 4.78 is 42.7. The summed E-state index contributed by atoms with van der Waals surface area (Å²) in [6.45, 7) is 1.29. The molecule has 1 aromatic carbocycles. The molecular weight excluding hydrogens is 285 g/mol. The van der Waals surface area contributed by atoms with Crippen molar-refractivity contribution in [1.82, 2.24) is 4.98 Å². The van der Waals surface area contributed by atoms with E-state index in [9.17, 15) is 18.0 Å². The fraction of sp³-hybridized carbons (Fsp3) is 0.143. The maximum atomic E-state index is 12.6. The van der Waals surface area contributed by atoms with Gasteiger partial charge in [-0.2, -0.15) is 13.2 Å². The van der Waals surface area contributed by atoms with Crippen LogP contribution in [0.5, 0.6) is 5.75 Å². The molecule has 0 aliphatic heterocycles. The van der Waals surface area contributed by atoms with E-state index in [0.717, 1.165) is 6.07 Å². The number of alkyl halides is 3. The summed E-state index contributed by atoms with van der Waals surface area (Å²) in [4.78, 5) is 15.1. The minimum Gasteiger partial charge on any atom is -0.410 e. The second kappa shape index (κ2) is 5.82. The molecule has 0 saturated carbocycles. The highest BCUT2D eigenvalue weighted by Crippen LogP contribution is 2.31. The Labute approximate surface area is 118 Å². The van der Waals surface area contributed by atoms with Crippen LogP contribution < -0.4 is 10.1 Å². The first-order valence-corrected chi connectivity index (χ1v) is 5.94. The van der Waals surface area contributed by atoms with Crippen LogP contribution in [0.4, 0.5) is 23.8 Å². The summed E-state index contributed by atoms with van der Waals surface area (Å²) in [6, 6.07) is 9.41. The number of halogens is 3. The first kappa shape index (κ1) is 14.8. The van der Waals surface area contributed by atoms with Crippen LogP contribution in [-0.4, -0.2) is 11.1 Å². The standard InChI is InChI=1S/C14H11F3N2O2/c1-9-7-12(18-8-11(9)14(15,16)17)19-13(20)21-10-5-3-2-4-6-10/h2-8H,1H3,(H,18,19,20). The number of benzene rings is 1. The van der Waals surface area contributed by atoms with E-state index in [2.05, 4.69) is 10.3 Å². The quantitative estimate of drug-likeness (QED) is 0.910. The molecule has 0 bridgehead atoms. The Morgan fingerprint density at radius 3 is 2.48 bits per heavy atom. The molecule has 0 fully saturated rings. The maximum Gasteiger partial charge on any atom is 0.418 e. The van der Waals surface area contributed by atoms with Crippen molar-refractivity contribution in [2.75, 3.05) is 5.32 Å². The van der Waals surface area contributed by atoms with E-state index in [-0.39, 0.29) is 11.4 Å². The Morgan fingerprint density at radius 2 is 1.90 bits per heavy atom. The number of amides is 1. The first-order valence-electron chi connectivity index (χ1n) is 5.94. The fourth-order valence-electron chi connectivity index (χ4n) is 1.65. The van der Waals surface area contributed by atoms with E-state index in [4.69, 9.17) is 4.74 Å². The molecule has 110 valence electrons. The second-order valence-corrected chi connectivity index (χ2v) is 4.21. The molecule has 7 heteroatoms. The van der Waals surface area contributed by atoms with Gasteiger partial charge >= 0.3 is 12.3 Å².